The SMILES string of the molecule is CC(=O)C[C@@H](c1ccccc1C)c1c(O)c2ccccc2oc1=O. The molecule has 0 bridgehead atoms. The highest BCUT2D eigenvalue weighted by atomic mass is 16.4. The Labute approximate surface area is 139 Å². The third-order valence-electron chi connectivity index (χ3n) is 4.22. The third-order valence-corrected chi connectivity index (χ3v) is 4.22. The van der Waals surface area contributed by atoms with Crippen LogP contribution in [0.5, 0.6) is 5.75 Å². The van der Waals surface area contributed by atoms with Crippen LogP contribution < -0.4 is 5.63 Å². The van der Waals surface area contributed by atoms with E-state index in [0.29, 0.717) is 11.0 Å². The number of para-hydroxylation sites is 1. The number of Topliss-reactive ketones (excluding diaryl/α,β-unsaturated/α-hetero) is 1. The normalized spacial score (nSPS) is 12.2. The molecule has 0 saturated heterocycles. The van der Waals surface area contributed by atoms with Crippen LogP contribution in [-0.2, 0) is 4.79 Å². The molecular weight excluding hydrogens is 304 g/mol. The monoisotopic (exact) mass is 322 g/mol. The lowest BCUT2D eigenvalue weighted by Gasteiger charge is -2.19. The summed E-state index contributed by atoms with van der Waals surface area (Å²) >= 11 is 0. The van der Waals surface area contributed by atoms with Gasteiger partial charge >= 0.3 is 5.63 Å². The number of ketones is 1. The zero-order valence-electron chi connectivity index (χ0n) is 13.6. The van der Waals surface area contributed by atoms with Crippen molar-refractivity contribution < 1.29 is 14.3 Å². The van der Waals surface area contributed by atoms with Crippen LogP contribution in [0.3, 0.4) is 0 Å². The molecule has 0 amide bonds. The molecule has 0 saturated carbocycles. The number of carbonyl (C=O) groups is 1. The van der Waals surface area contributed by atoms with Crippen LogP contribution in [0.15, 0.2) is 57.7 Å². The Morgan fingerprint density at radius 2 is 1.79 bits per heavy atom. The van der Waals surface area contributed by atoms with Crippen molar-refractivity contribution >= 4 is 16.8 Å². The lowest BCUT2D eigenvalue weighted by Crippen LogP contribution is -2.17. The van der Waals surface area contributed by atoms with E-state index in [2.05, 4.69) is 0 Å². The Kier molecular flexibility index (Phi) is 4.21. The van der Waals surface area contributed by atoms with Gasteiger partial charge in [0.05, 0.1) is 10.9 Å². The van der Waals surface area contributed by atoms with Gasteiger partial charge in [-0.2, -0.15) is 0 Å². The van der Waals surface area contributed by atoms with Gasteiger partial charge in [-0.3, -0.25) is 4.79 Å². The number of benzene rings is 2. The van der Waals surface area contributed by atoms with E-state index in [0.717, 1.165) is 11.1 Å². The van der Waals surface area contributed by atoms with Crippen molar-refractivity contribution in [3.05, 3.63) is 75.6 Å². The molecule has 0 radical (unpaired) electrons. The lowest BCUT2D eigenvalue weighted by atomic mass is 9.85. The molecule has 1 heterocycles. The van der Waals surface area contributed by atoms with Gasteiger partial charge < -0.3 is 9.52 Å². The molecule has 0 spiro atoms. The number of hydrogen-bond donors (Lipinski definition) is 1. The summed E-state index contributed by atoms with van der Waals surface area (Å²) in [4.78, 5) is 24.3. The summed E-state index contributed by atoms with van der Waals surface area (Å²) in [5, 5.41) is 11.2. The van der Waals surface area contributed by atoms with Crippen molar-refractivity contribution in [2.75, 3.05) is 0 Å². The van der Waals surface area contributed by atoms with Gasteiger partial charge in [0.2, 0.25) is 0 Å². The van der Waals surface area contributed by atoms with Gasteiger partial charge in [-0.15, -0.1) is 0 Å². The average molecular weight is 322 g/mol. The Morgan fingerprint density at radius 3 is 2.50 bits per heavy atom. The summed E-state index contributed by atoms with van der Waals surface area (Å²) in [6, 6.07) is 14.4. The van der Waals surface area contributed by atoms with Crippen LogP contribution >= 0.6 is 0 Å². The van der Waals surface area contributed by atoms with Gasteiger partial charge in [0.15, 0.2) is 0 Å². The quantitative estimate of drug-likeness (QED) is 0.739. The van der Waals surface area contributed by atoms with Crippen molar-refractivity contribution in [1.82, 2.24) is 0 Å². The second kappa shape index (κ2) is 6.32. The van der Waals surface area contributed by atoms with Gasteiger partial charge in [0, 0.05) is 12.3 Å². The van der Waals surface area contributed by atoms with E-state index >= 15 is 0 Å². The smallest absolute Gasteiger partial charge is 0.343 e. The van der Waals surface area contributed by atoms with E-state index in [1.165, 1.54) is 6.92 Å². The topological polar surface area (TPSA) is 67.5 Å². The zero-order chi connectivity index (χ0) is 17.3. The van der Waals surface area contributed by atoms with E-state index in [-0.39, 0.29) is 23.5 Å². The van der Waals surface area contributed by atoms with Crippen LogP contribution in [0.2, 0.25) is 0 Å². The van der Waals surface area contributed by atoms with Gasteiger partial charge in [-0.05, 0) is 37.1 Å². The minimum atomic E-state index is -0.610. The summed E-state index contributed by atoms with van der Waals surface area (Å²) < 4.78 is 5.37. The maximum atomic E-state index is 12.5. The zero-order valence-corrected chi connectivity index (χ0v) is 13.6. The largest absolute Gasteiger partial charge is 0.507 e. The van der Waals surface area contributed by atoms with Crippen LogP contribution in [0.25, 0.3) is 11.0 Å². The van der Waals surface area contributed by atoms with Gasteiger partial charge in [0.25, 0.3) is 0 Å². The minimum Gasteiger partial charge on any atom is -0.507 e. The summed E-state index contributed by atoms with van der Waals surface area (Å²) in [7, 11) is 0. The Hall–Kier alpha value is -2.88. The van der Waals surface area contributed by atoms with Gasteiger partial charge in [-0.1, -0.05) is 36.4 Å². The Morgan fingerprint density at radius 1 is 1.12 bits per heavy atom. The maximum absolute atomic E-state index is 12.5. The maximum Gasteiger partial charge on any atom is 0.343 e. The molecule has 3 aromatic rings. The molecule has 0 unspecified atom stereocenters. The molecular formula is C20H18O4. The van der Waals surface area contributed by atoms with Crippen LogP contribution in [0.4, 0.5) is 0 Å². The minimum absolute atomic E-state index is 0.0600. The van der Waals surface area contributed by atoms with E-state index in [4.69, 9.17) is 4.42 Å². The molecule has 4 nitrogen and oxygen atoms in total. The van der Waals surface area contributed by atoms with E-state index in [1.54, 1.807) is 24.3 Å². The van der Waals surface area contributed by atoms with Crippen molar-refractivity contribution in [2.24, 2.45) is 0 Å². The van der Waals surface area contributed by atoms with Crippen molar-refractivity contribution in [3.63, 3.8) is 0 Å². The number of fused-ring (bicyclic) bond motifs is 1. The standard InChI is InChI=1S/C20H18O4/c1-12-7-3-4-8-14(12)16(11-13(2)21)18-19(22)15-9-5-6-10-17(15)24-20(18)23/h3-10,16,22H,11H2,1-2H3/t16-/m0/s1. The highest BCUT2D eigenvalue weighted by molar-refractivity contribution is 5.85. The Bertz CT molecular complexity index is 969. The fraction of sp³-hybridized carbons (Fsp3) is 0.200. The molecule has 1 aromatic heterocycles. The highest BCUT2D eigenvalue weighted by Crippen LogP contribution is 2.37. The predicted molar refractivity (Wildman–Crippen MR) is 92.5 cm³/mol. The van der Waals surface area contributed by atoms with Crippen LogP contribution in [0.1, 0.15) is 36.0 Å². The first-order valence-corrected chi connectivity index (χ1v) is 7.78. The van der Waals surface area contributed by atoms with Crippen LogP contribution in [-0.4, -0.2) is 10.9 Å². The first-order valence-electron chi connectivity index (χ1n) is 7.78. The second-order valence-corrected chi connectivity index (χ2v) is 5.96. The third kappa shape index (κ3) is 2.83. The summed E-state index contributed by atoms with van der Waals surface area (Å²) in [5.74, 6) is -0.712. The van der Waals surface area contributed by atoms with E-state index in [9.17, 15) is 14.7 Å². The van der Waals surface area contributed by atoms with Gasteiger partial charge in [0.1, 0.15) is 17.1 Å². The fourth-order valence-electron chi connectivity index (χ4n) is 3.09. The predicted octanol–water partition coefficient (Wildman–Crippen LogP) is 3.92. The van der Waals surface area contributed by atoms with Crippen molar-refractivity contribution in [1.29, 1.82) is 0 Å². The van der Waals surface area contributed by atoms with Crippen LogP contribution in [0, 0.1) is 6.92 Å². The number of carbonyl (C=O) groups excluding carboxylic acids is 1. The summed E-state index contributed by atoms with van der Waals surface area (Å²) in [5.41, 5.74) is 1.65. The molecule has 122 valence electrons. The van der Waals surface area contributed by atoms with Crippen molar-refractivity contribution in [2.45, 2.75) is 26.2 Å². The molecule has 0 fully saturated rings. The number of aryl methyl sites for hydroxylation is 1. The number of rotatable bonds is 4. The first-order chi connectivity index (χ1) is 11.5. The van der Waals surface area contributed by atoms with Gasteiger partial charge in [-0.25, -0.2) is 4.79 Å². The molecule has 24 heavy (non-hydrogen) atoms. The molecule has 1 atom stereocenters. The molecule has 0 aliphatic carbocycles. The second-order valence-electron chi connectivity index (χ2n) is 5.96. The number of aromatic hydroxyl groups is 1. The summed E-state index contributed by atoms with van der Waals surface area (Å²) in [6.45, 7) is 3.40. The average Bonchev–Trinajstić information content (AvgIpc) is 2.54. The first kappa shape index (κ1) is 16.0. The molecule has 2 aromatic carbocycles. The highest BCUT2D eigenvalue weighted by Gasteiger charge is 2.26. The molecule has 3 rings (SSSR count). The number of hydrogen-bond acceptors (Lipinski definition) is 4. The Balaban J connectivity index is 2.29. The van der Waals surface area contributed by atoms with Crippen molar-refractivity contribution in [3.8, 4) is 5.75 Å². The van der Waals surface area contributed by atoms with E-state index in [1.807, 2.05) is 31.2 Å². The summed E-state index contributed by atoms with van der Waals surface area (Å²) in [6.07, 6.45) is 0.127. The molecule has 4 heteroatoms. The molecule has 1 N–H and O–H groups in total. The fourth-order valence-corrected chi connectivity index (χ4v) is 3.09. The lowest BCUT2D eigenvalue weighted by molar-refractivity contribution is -0.117. The molecule has 0 aliphatic rings. The molecule has 0 aliphatic heterocycles. The van der Waals surface area contributed by atoms with E-state index < -0.39 is 11.5 Å².